The SMILES string of the molecule is C[C@H](NC(=O)CN)C(=O)NCC(=O)NCC(=O)N1CCC[C@@H]1C(=O)N[C@@H](Cc1ccc(O)cc1)C(N)=O. The van der Waals surface area contributed by atoms with E-state index in [0.717, 1.165) is 0 Å². The zero-order chi connectivity index (χ0) is 27.5. The molecule has 1 aliphatic rings. The lowest BCUT2D eigenvalue weighted by molar-refractivity contribution is -0.139. The number of hydrogen-bond donors (Lipinski definition) is 7. The molecule has 0 saturated carbocycles. The zero-order valence-electron chi connectivity index (χ0n) is 20.5. The van der Waals surface area contributed by atoms with Gasteiger partial charge < -0.3 is 42.7 Å². The molecule has 0 aromatic heterocycles. The van der Waals surface area contributed by atoms with Crippen molar-refractivity contribution in [3.8, 4) is 5.75 Å². The van der Waals surface area contributed by atoms with Crippen LogP contribution in [0.15, 0.2) is 24.3 Å². The van der Waals surface area contributed by atoms with Gasteiger partial charge in [-0.25, -0.2) is 0 Å². The summed E-state index contributed by atoms with van der Waals surface area (Å²) < 4.78 is 0. The van der Waals surface area contributed by atoms with Crippen molar-refractivity contribution >= 4 is 35.4 Å². The number of phenolic OH excluding ortho intramolecular Hbond substituents is 1. The maximum absolute atomic E-state index is 12.9. The molecule has 1 aromatic carbocycles. The number of nitrogens with one attached hydrogen (secondary N) is 4. The molecule has 1 heterocycles. The van der Waals surface area contributed by atoms with Gasteiger partial charge in [0, 0.05) is 13.0 Å². The van der Waals surface area contributed by atoms with Gasteiger partial charge in [-0.3, -0.25) is 28.8 Å². The van der Waals surface area contributed by atoms with E-state index in [1.807, 2.05) is 0 Å². The molecule has 0 bridgehead atoms. The first kappa shape index (κ1) is 29.0. The van der Waals surface area contributed by atoms with E-state index >= 15 is 0 Å². The molecule has 14 heteroatoms. The summed E-state index contributed by atoms with van der Waals surface area (Å²) >= 11 is 0. The zero-order valence-corrected chi connectivity index (χ0v) is 20.5. The first-order chi connectivity index (χ1) is 17.5. The van der Waals surface area contributed by atoms with Crippen molar-refractivity contribution in [3.63, 3.8) is 0 Å². The van der Waals surface area contributed by atoms with Crippen molar-refractivity contribution in [2.24, 2.45) is 11.5 Å². The number of rotatable bonds is 12. The highest BCUT2D eigenvalue weighted by Gasteiger charge is 2.35. The van der Waals surface area contributed by atoms with Gasteiger partial charge in [0.1, 0.15) is 23.9 Å². The van der Waals surface area contributed by atoms with E-state index in [4.69, 9.17) is 11.5 Å². The number of amides is 6. The van der Waals surface area contributed by atoms with Gasteiger partial charge >= 0.3 is 0 Å². The predicted octanol–water partition coefficient (Wildman–Crippen LogP) is -3.41. The Morgan fingerprint density at radius 1 is 1.03 bits per heavy atom. The number of hydrogen-bond acceptors (Lipinski definition) is 8. The highest BCUT2D eigenvalue weighted by Crippen LogP contribution is 2.18. The minimum atomic E-state index is -1.02. The first-order valence-corrected chi connectivity index (χ1v) is 11.7. The number of carbonyl (C=O) groups excluding carboxylic acids is 6. The molecule has 0 aliphatic carbocycles. The minimum absolute atomic E-state index is 0.0589. The van der Waals surface area contributed by atoms with Crippen LogP contribution in [0.1, 0.15) is 25.3 Å². The van der Waals surface area contributed by atoms with Gasteiger partial charge in [-0.1, -0.05) is 12.1 Å². The second kappa shape index (κ2) is 13.8. The highest BCUT2D eigenvalue weighted by molar-refractivity contribution is 5.94. The fourth-order valence-electron chi connectivity index (χ4n) is 3.72. The number of likely N-dealkylation sites (tertiary alicyclic amines) is 1. The largest absolute Gasteiger partial charge is 0.508 e. The van der Waals surface area contributed by atoms with Crippen molar-refractivity contribution in [2.75, 3.05) is 26.2 Å². The smallest absolute Gasteiger partial charge is 0.243 e. The maximum Gasteiger partial charge on any atom is 0.243 e. The Morgan fingerprint density at radius 3 is 2.32 bits per heavy atom. The lowest BCUT2D eigenvalue weighted by Crippen LogP contribution is -2.54. The topological polar surface area (TPSA) is 226 Å². The van der Waals surface area contributed by atoms with Crippen molar-refractivity contribution in [2.45, 2.75) is 44.3 Å². The summed E-state index contributed by atoms with van der Waals surface area (Å²) in [5.41, 5.74) is 11.3. The summed E-state index contributed by atoms with van der Waals surface area (Å²) in [5, 5.41) is 19.1. The van der Waals surface area contributed by atoms with Gasteiger partial charge in [0.2, 0.25) is 35.4 Å². The number of phenols is 1. The van der Waals surface area contributed by atoms with E-state index in [9.17, 15) is 33.9 Å². The fraction of sp³-hybridized carbons (Fsp3) is 0.478. The molecule has 14 nitrogen and oxygen atoms in total. The highest BCUT2D eigenvalue weighted by atomic mass is 16.3. The average molecular weight is 520 g/mol. The molecule has 6 amide bonds. The Balaban J connectivity index is 1.85. The molecule has 1 aromatic rings. The number of primary amides is 1. The number of nitrogens with two attached hydrogens (primary N) is 2. The Labute approximate surface area is 213 Å². The van der Waals surface area contributed by atoms with Crippen LogP contribution in [0.25, 0.3) is 0 Å². The molecular formula is C23H33N7O7. The van der Waals surface area contributed by atoms with Gasteiger partial charge in [0.15, 0.2) is 0 Å². The lowest BCUT2D eigenvalue weighted by atomic mass is 10.0. The summed E-state index contributed by atoms with van der Waals surface area (Å²) in [6.07, 6.45) is 1.04. The summed E-state index contributed by atoms with van der Waals surface area (Å²) in [4.78, 5) is 74.0. The third-order valence-corrected chi connectivity index (χ3v) is 5.73. The summed E-state index contributed by atoms with van der Waals surface area (Å²) in [6.45, 7) is 0.621. The van der Waals surface area contributed by atoms with Gasteiger partial charge in [0.25, 0.3) is 0 Å². The van der Waals surface area contributed by atoms with Crippen LogP contribution >= 0.6 is 0 Å². The monoisotopic (exact) mass is 519 g/mol. The summed E-state index contributed by atoms with van der Waals surface area (Å²) in [7, 11) is 0. The average Bonchev–Trinajstić information content (AvgIpc) is 3.36. The third kappa shape index (κ3) is 9.07. The number of aromatic hydroxyl groups is 1. The van der Waals surface area contributed by atoms with Crippen LogP contribution in [0.2, 0.25) is 0 Å². The summed E-state index contributed by atoms with van der Waals surface area (Å²) in [6, 6.07) is 3.36. The van der Waals surface area contributed by atoms with Crippen LogP contribution in [0.5, 0.6) is 5.75 Å². The van der Waals surface area contributed by atoms with E-state index in [1.54, 1.807) is 12.1 Å². The molecule has 2 rings (SSSR count). The van der Waals surface area contributed by atoms with Gasteiger partial charge in [-0.2, -0.15) is 0 Å². The van der Waals surface area contributed by atoms with E-state index in [2.05, 4.69) is 21.3 Å². The molecular weight excluding hydrogens is 486 g/mol. The van der Waals surface area contributed by atoms with Gasteiger partial charge in [-0.15, -0.1) is 0 Å². The molecule has 202 valence electrons. The van der Waals surface area contributed by atoms with Crippen LogP contribution in [0.3, 0.4) is 0 Å². The third-order valence-electron chi connectivity index (χ3n) is 5.73. The second-order valence-electron chi connectivity index (χ2n) is 8.57. The van der Waals surface area contributed by atoms with Crippen LogP contribution < -0.4 is 32.7 Å². The molecule has 0 unspecified atom stereocenters. The van der Waals surface area contributed by atoms with Crippen LogP contribution in [0.4, 0.5) is 0 Å². The molecule has 1 saturated heterocycles. The van der Waals surface area contributed by atoms with Crippen molar-refractivity contribution in [3.05, 3.63) is 29.8 Å². The standard InChI is InChI=1S/C23H33N7O7/c1-13(28-18(32)10-24)22(36)27-11-19(33)26-12-20(34)30-8-2-3-17(30)23(37)29-16(21(25)35)9-14-4-6-15(31)7-5-14/h4-7,13,16-17,31H,2-3,8-12,24H2,1H3,(H2,25,35)(H,26,33)(H,27,36)(H,28,32)(H,29,37)/t13-,16-,17+/m0/s1. The van der Waals surface area contributed by atoms with E-state index in [1.165, 1.54) is 24.0 Å². The number of nitrogens with zero attached hydrogens (tertiary/aromatic N) is 1. The molecule has 37 heavy (non-hydrogen) atoms. The first-order valence-electron chi connectivity index (χ1n) is 11.7. The van der Waals surface area contributed by atoms with Gasteiger partial charge in [0.05, 0.1) is 19.6 Å². The van der Waals surface area contributed by atoms with E-state index < -0.39 is 66.7 Å². The fourth-order valence-corrected chi connectivity index (χ4v) is 3.72. The Morgan fingerprint density at radius 2 is 1.70 bits per heavy atom. The van der Waals surface area contributed by atoms with Crippen molar-refractivity contribution < 1.29 is 33.9 Å². The van der Waals surface area contributed by atoms with E-state index in [-0.39, 0.29) is 18.7 Å². The minimum Gasteiger partial charge on any atom is -0.508 e. The van der Waals surface area contributed by atoms with Crippen molar-refractivity contribution in [1.29, 1.82) is 0 Å². The molecule has 3 atom stereocenters. The summed E-state index contributed by atoms with van der Waals surface area (Å²) in [5.74, 6) is -3.50. The van der Waals surface area contributed by atoms with Crippen LogP contribution in [-0.4, -0.2) is 89.8 Å². The Kier molecular flexibility index (Phi) is 10.8. The normalized spacial score (nSPS) is 16.3. The maximum atomic E-state index is 12.9. The number of carbonyl (C=O) groups is 6. The molecule has 9 N–H and O–H groups in total. The predicted molar refractivity (Wildman–Crippen MR) is 130 cm³/mol. The molecule has 0 spiro atoms. The van der Waals surface area contributed by atoms with Crippen LogP contribution in [-0.2, 0) is 35.2 Å². The van der Waals surface area contributed by atoms with Crippen LogP contribution in [0, 0.1) is 0 Å². The van der Waals surface area contributed by atoms with E-state index in [0.29, 0.717) is 24.9 Å². The lowest BCUT2D eigenvalue weighted by Gasteiger charge is -2.26. The quantitative estimate of drug-likeness (QED) is 0.147. The molecule has 1 aliphatic heterocycles. The molecule has 0 radical (unpaired) electrons. The van der Waals surface area contributed by atoms with Crippen molar-refractivity contribution in [1.82, 2.24) is 26.2 Å². The Bertz CT molecular complexity index is 1020. The Hall–Kier alpha value is -4.20. The number of benzene rings is 1. The second-order valence-corrected chi connectivity index (χ2v) is 8.57. The molecule has 1 fully saturated rings. The van der Waals surface area contributed by atoms with Gasteiger partial charge in [-0.05, 0) is 37.5 Å².